The van der Waals surface area contributed by atoms with E-state index in [-0.39, 0.29) is 12.0 Å². The second-order valence-electron chi connectivity index (χ2n) is 7.78. The summed E-state index contributed by atoms with van der Waals surface area (Å²) >= 11 is 0. The van der Waals surface area contributed by atoms with E-state index in [9.17, 15) is 30.0 Å². The van der Waals surface area contributed by atoms with Gasteiger partial charge in [0.05, 0.1) is 18.4 Å². The zero-order chi connectivity index (χ0) is 23.6. The summed E-state index contributed by atoms with van der Waals surface area (Å²) in [7, 11) is 0. The molecule has 3 rings (SSSR count). The third-order valence-corrected chi connectivity index (χ3v) is 5.81. The molecule has 3 heterocycles. The lowest BCUT2D eigenvalue weighted by molar-refractivity contribution is -0.340. The van der Waals surface area contributed by atoms with Crippen LogP contribution in [-0.4, -0.2) is 82.3 Å². The van der Waals surface area contributed by atoms with Crippen molar-refractivity contribution in [3.8, 4) is 0 Å². The molecule has 0 aliphatic carbocycles. The summed E-state index contributed by atoms with van der Waals surface area (Å²) in [5.41, 5.74) is 0.567. The standard InChI is InChI=1S/C21H28O11/c1-4-9(3)18(26)30-14-6-11-10(5-2)20(28-8-12(11)19(27)31-14)32-21-17(25)16(24)15(23)13(7-22)29-21/h4-5,8,10-11,13-17,20-25H,2,6-7H2,1,3H3. The van der Waals surface area contributed by atoms with Gasteiger partial charge in [-0.25, -0.2) is 9.59 Å². The zero-order valence-corrected chi connectivity index (χ0v) is 17.7. The Labute approximate surface area is 184 Å². The van der Waals surface area contributed by atoms with E-state index in [2.05, 4.69) is 6.58 Å². The Balaban J connectivity index is 1.75. The number of aliphatic hydroxyl groups excluding tert-OH is 4. The number of cyclic esters (lactones) is 1. The lowest BCUT2D eigenvalue weighted by atomic mass is 9.80. The first-order valence-electron chi connectivity index (χ1n) is 10.2. The van der Waals surface area contributed by atoms with Crippen molar-refractivity contribution in [2.45, 2.75) is 63.6 Å². The highest BCUT2D eigenvalue weighted by molar-refractivity contribution is 5.91. The van der Waals surface area contributed by atoms with Gasteiger partial charge < -0.3 is 44.1 Å². The Kier molecular flexibility index (Phi) is 7.70. The van der Waals surface area contributed by atoms with Crippen LogP contribution in [-0.2, 0) is 33.3 Å². The fourth-order valence-corrected chi connectivity index (χ4v) is 3.75. The summed E-state index contributed by atoms with van der Waals surface area (Å²) < 4.78 is 27.0. The van der Waals surface area contributed by atoms with Crippen molar-refractivity contribution < 1.29 is 53.7 Å². The molecular weight excluding hydrogens is 428 g/mol. The SMILES string of the molecule is C=CC1C(OC2OC(CO)C(O)C(O)C2O)OC=C2C(=O)OC(OC(=O)C(C)=CC)CC21. The van der Waals surface area contributed by atoms with Gasteiger partial charge in [-0.05, 0) is 13.8 Å². The van der Waals surface area contributed by atoms with Crippen LogP contribution in [0.1, 0.15) is 20.3 Å². The van der Waals surface area contributed by atoms with Gasteiger partial charge in [0, 0.05) is 23.8 Å². The van der Waals surface area contributed by atoms with Gasteiger partial charge in [-0.15, -0.1) is 6.58 Å². The van der Waals surface area contributed by atoms with E-state index in [1.165, 1.54) is 6.08 Å². The molecule has 0 spiro atoms. The van der Waals surface area contributed by atoms with Crippen molar-refractivity contribution in [2.75, 3.05) is 6.61 Å². The number of carbonyl (C=O) groups is 2. The predicted octanol–water partition coefficient (Wildman–Crippen LogP) is -0.756. The van der Waals surface area contributed by atoms with Gasteiger partial charge in [-0.3, -0.25) is 0 Å². The number of esters is 2. The average Bonchev–Trinajstić information content (AvgIpc) is 2.78. The van der Waals surface area contributed by atoms with Crippen LogP contribution in [0, 0.1) is 11.8 Å². The van der Waals surface area contributed by atoms with Gasteiger partial charge in [0.25, 0.3) is 0 Å². The highest BCUT2D eigenvalue weighted by atomic mass is 16.8. The maximum absolute atomic E-state index is 12.4. The minimum absolute atomic E-state index is 0.120. The van der Waals surface area contributed by atoms with Gasteiger partial charge in [-0.2, -0.15) is 0 Å². The molecule has 0 aromatic heterocycles. The summed E-state index contributed by atoms with van der Waals surface area (Å²) in [6.07, 6.45) is -5.24. The Hall–Kier alpha value is -2.28. The normalized spacial score (nSPS) is 39.8. The van der Waals surface area contributed by atoms with Gasteiger partial charge in [0.2, 0.25) is 12.6 Å². The van der Waals surface area contributed by atoms with Gasteiger partial charge >= 0.3 is 11.9 Å². The summed E-state index contributed by atoms with van der Waals surface area (Å²) in [5, 5.41) is 39.5. The molecule has 3 aliphatic heterocycles. The largest absolute Gasteiger partial charge is 0.471 e. The molecular formula is C21H28O11. The van der Waals surface area contributed by atoms with Crippen LogP contribution in [0.3, 0.4) is 0 Å². The molecule has 178 valence electrons. The van der Waals surface area contributed by atoms with Crippen molar-refractivity contribution in [1.82, 2.24) is 0 Å². The van der Waals surface area contributed by atoms with E-state index in [0.29, 0.717) is 5.57 Å². The first-order valence-corrected chi connectivity index (χ1v) is 10.2. The number of fused-ring (bicyclic) bond motifs is 1. The van der Waals surface area contributed by atoms with E-state index < -0.39 is 73.7 Å². The first kappa shape index (κ1) is 24.4. The topological polar surface area (TPSA) is 161 Å². The number of rotatable bonds is 6. The Bertz CT molecular complexity index is 789. The van der Waals surface area contributed by atoms with E-state index in [1.807, 2.05) is 0 Å². The zero-order valence-electron chi connectivity index (χ0n) is 17.7. The molecule has 4 N–H and O–H groups in total. The minimum atomic E-state index is -1.62. The van der Waals surface area contributed by atoms with E-state index in [4.69, 9.17) is 23.7 Å². The third-order valence-electron chi connectivity index (χ3n) is 5.81. The molecule has 0 saturated carbocycles. The van der Waals surface area contributed by atoms with Crippen LogP contribution in [0.2, 0.25) is 0 Å². The molecule has 0 aromatic carbocycles. The molecule has 2 saturated heterocycles. The Morgan fingerprint density at radius 3 is 2.59 bits per heavy atom. The quantitative estimate of drug-likeness (QED) is 0.226. The van der Waals surface area contributed by atoms with Crippen molar-refractivity contribution in [2.24, 2.45) is 11.8 Å². The first-order chi connectivity index (χ1) is 15.2. The van der Waals surface area contributed by atoms with Crippen LogP contribution in [0.25, 0.3) is 0 Å². The molecule has 11 nitrogen and oxygen atoms in total. The van der Waals surface area contributed by atoms with Gasteiger partial charge in [-0.1, -0.05) is 12.2 Å². The van der Waals surface area contributed by atoms with Crippen LogP contribution in [0.15, 0.2) is 36.1 Å². The fraction of sp³-hybridized carbons (Fsp3) is 0.619. The molecule has 2 fully saturated rings. The fourth-order valence-electron chi connectivity index (χ4n) is 3.75. The monoisotopic (exact) mass is 456 g/mol. The number of allylic oxidation sites excluding steroid dienone is 1. The molecule has 0 amide bonds. The molecule has 32 heavy (non-hydrogen) atoms. The summed E-state index contributed by atoms with van der Waals surface area (Å²) in [6, 6.07) is 0. The van der Waals surface area contributed by atoms with E-state index >= 15 is 0 Å². The molecule has 9 unspecified atom stereocenters. The lowest BCUT2D eigenvalue weighted by Crippen LogP contribution is -2.60. The van der Waals surface area contributed by atoms with Crippen LogP contribution >= 0.6 is 0 Å². The number of aliphatic hydroxyl groups is 4. The number of hydrogen-bond donors (Lipinski definition) is 4. The average molecular weight is 456 g/mol. The minimum Gasteiger partial charge on any atom is -0.471 e. The smallest absolute Gasteiger partial charge is 0.340 e. The second-order valence-corrected chi connectivity index (χ2v) is 7.78. The maximum atomic E-state index is 12.4. The lowest BCUT2D eigenvalue weighted by Gasteiger charge is -2.44. The number of hydrogen-bond acceptors (Lipinski definition) is 11. The van der Waals surface area contributed by atoms with Crippen molar-refractivity contribution in [3.63, 3.8) is 0 Å². The molecule has 11 heteroatoms. The van der Waals surface area contributed by atoms with Crippen molar-refractivity contribution in [1.29, 1.82) is 0 Å². The van der Waals surface area contributed by atoms with Crippen molar-refractivity contribution in [3.05, 3.63) is 36.1 Å². The summed E-state index contributed by atoms with van der Waals surface area (Å²) in [5.74, 6) is -2.51. The van der Waals surface area contributed by atoms with Gasteiger partial charge in [0.1, 0.15) is 24.4 Å². The molecule has 0 bridgehead atoms. The number of ether oxygens (including phenoxy) is 5. The van der Waals surface area contributed by atoms with E-state index in [1.54, 1.807) is 19.9 Å². The second kappa shape index (κ2) is 10.1. The highest BCUT2D eigenvalue weighted by Gasteiger charge is 2.49. The van der Waals surface area contributed by atoms with Crippen LogP contribution in [0.4, 0.5) is 0 Å². The maximum Gasteiger partial charge on any atom is 0.340 e. The summed E-state index contributed by atoms with van der Waals surface area (Å²) in [6.45, 7) is 6.40. The predicted molar refractivity (Wildman–Crippen MR) is 105 cm³/mol. The van der Waals surface area contributed by atoms with Crippen LogP contribution < -0.4 is 0 Å². The highest BCUT2D eigenvalue weighted by Crippen LogP contribution is 2.40. The third kappa shape index (κ3) is 4.72. The summed E-state index contributed by atoms with van der Waals surface area (Å²) in [4.78, 5) is 24.5. The molecule has 0 aromatic rings. The van der Waals surface area contributed by atoms with Crippen LogP contribution in [0.5, 0.6) is 0 Å². The number of carbonyl (C=O) groups excluding carboxylic acids is 2. The molecule has 0 radical (unpaired) electrons. The molecule has 3 aliphatic rings. The van der Waals surface area contributed by atoms with E-state index in [0.717, 1.165) is 6.26 Å². The Morgan fingerprint density at radius 1 is 1.25 bits per heavy atom. The Morgan fingerprint density at radius 2 is 1.97 bits per heavy atom. The van der Waals surface area contributed by atoms with Gasteiger partial charge in [0.15, 0.2) is 6.29 Å². The molecule has 9 atom stereocenters. The van der Waals surface area contributed by atoms with Crippen molar-refractivity contribution >= 4 is 11.9 Å².